The second kappa shape index (κ2) is 12.6. The fraction of sp³-hybridized carbons (Fsp3) is 0.342. The molecule has 0 saturated carbocycles. The lowest BCUT2D eigenvalue weighted by molar-refractivity contribution is -0.154. The molecule has 1 aliphatic rings. The van der Waals surface area contributed by atoms with Gasteiger partial charge in [0.1, 0.15) is 0 Å². The summed E-state index contributed by atoms with van der Waals surface area (Å²) >= 11 is 0. The molecule has 0 aromatic heterocycles. The molecule has 5 rings (SSSR count). The Kier molecular flexibility index (Phi) is 9.19. The molecular weight excluding hydrogens is 577 g/mol. The van der Waals surface area contributed by atoms with Crippen molar-refractivity contribution >= 4 is 43.4 Å². The topological polar surface area (TPSA) is 44.8 Å². The highest BCUT2D eigenvalue weighted by Crippen LogP contribution is 2.41. The summed E-state index contributed by atoms with van der Waals surface area (Å²) in [6, 6.07) is 42.4. The van der Waals surface area contributed by atoms with E-state index in [0.29, 0.717) is 12.8 Å². The Bertz CT molecular complexity index is 1330. The van der Waals surface area contributed by atoms with E-state index in [1.165, 1.54) is 20.7 Å². The van der Waals surface area contributed by atoms with Gasteiger partial charge in [-0.1, -0.05) is 163 Å². The van der Waals surface area contributed by atoms with Gasteiger partial charge in [0.2, 0.25) is 0 Å². The summed E-state index contributed by atoms with van der Waals surface area (Å²) in [4.78, 5) is 12.9. The van der Waals surface area contributed by atoms with Gasteiger partial charge in [0, 0.05) is 12.8 Å². The molecule has 0 N–H and O–H groups in total. The number of carbonyl (C=O) groups excluding carboxylic acids is 1. The van der Waals surface area contributed by atoms with Crippen molar-refractivity contribution in [1.82, 2.24) is 0 Å². The maximum Gasteiger partial charge on any atom is 0.306 e. The zero-order valence-corrected chi connectivity index (χ0v) is 29.0. The Balaban J connectivity index is 1.58. The minimum absolute atomic E-state index is 0.193. The van der Waals surface area contributed by atoms with E-state index in [9.17, 15) is 4.79 Å². The SMILES string of the molecule is CC(C)(C)[Si](OCC1(CO[Si](c2ccccc2)(c2ccccc2)C(C)(C)C)CCC(=O)O1)(c1ccccc1)c1ccccc1. The highest BCUT2D eigenvalue weighted by atomic mass is 28.4. The van der Waals surface area contributed by atoms with Crippen LogP contribution in [0.3, 0.4) is 0 Å². The first-order chi connectivity index (χ1) is 20.9. The fourth-order valence-corrected chi connectivity index (χ4v) is 16.2. The molecule has 0 atom stereocenters. The van der Waals surface area contributed by atoms with Gasteiger partial charge in [-0.15, -0.1) is 0 Å². The van der Waals surface area contributed by atoms with Crippen molar-refractivity contribution in [3.8, 4) is 0 Å². The third-order valence-electron chi connectivity index (χ3n) is 9.05. The van der Waals surface area contributed by atoms with Gasteiger partial charge in [0.15, 0.2) is 5.60 Å². The Morgan fingerprint density at radius 1 is 0.568 bits per heavy atom. The number of carbonyl (C=O) groups is 1. The molecule has 4 aromatic carbocycles. The van der Waals surface area contributed by atoms with Gasteiger partial charge in [-0.25, -0.2) is 0 Å². The van der Waals surface area contributed by atoms with Crippen LogP contribution in [0.1, 0.15) is 54.4 Å². The average Bonchev–Trinajstić information content (AvgIpc) is 3.39. The summed E-state index contributed by atoms with van der Waals surface area (Å²) in [5, 5.41) is 4.41. The molecule has 0 radical (unpaired) electrons. The molecule has 4 aromatic rings. The quantitative estimate of drug-likeness (QED) is 0.156. The van der Waals surface area contributed by atoms with Gasteiger partial charge in [0.05, 0.1) is 13.2 Å². The number of cyclic esters (lactones) is 1. The molecule has 0 amide bonds. The van der Waals surface area contributed by atoms with Crippen molar-refractivity contribution in [2.24, 2.45) is 0 Å². The minimum atomic E-state index is -2.86. The Morgan fingerprint density at radius 3 is 1.09 bits per heavy atom. The van der Waals surface area contributed by atoms with E-state index >= 15 is 0 Å². The first kappa shape index (κ1) is 32.1. The average molecular weight is 623 g/mol. The lowest BCUT2D eigenvalue weighted by Gasteiger charge is -2.46. The number of esters is 1. The van der Waals surface area contributed by atoms with Crippen molar-refractivity contribution in [2.75, 3.05) is 13.2 Å². The second-order valence-corrected chi connectivity index (χ2v) is 22.7. The first-order valence-electron chi connectivity index (χ1n) is 15.7. The highest BCUT2D eigenvalue weighted by Gasteiger charge is 2.55. The van der Waals surface area contributed by atoms with Crippen LogP contribution in [-0.4, -0.2) is 41.4 Å². The van der Waals surface area contributed by atoms with Gasteiger partial charge >= 0.3 is 5.97 Å². The molecule has 6 heteroatoms. The molecule has 1 saturated heterocycles. The van der Waals surface area contributed by atoms with Crippen LogP contribution < -0.4 is 20.7 Å². The van der Waals surface area contributed by atoms with Crippen LogP contribution in [0.25, 0.3) is 0 Å². The van der Waals surface area contributed by atoms with Crippen molar-refractivity contribution in [3.63, 3.8) is 0 Å². The van der Waals surface area contributed by atoms with Crippen LogP contribution in [0.5, 0.6) is 0 Å². The monoisotopic (exact) mass is 622 g/mol. The number of hydrogen-bond donors (Lipinski definition) is 0. The van der Waals surface area contributed by atoms with E-state index in [1.807, 2.05) is 24.3 Å². The lowest BCUT2D eigenvalue weighted by Crippen LogP contribution is -2.69. The van der Waals surface area contributed by atoms with Gasteiger partial charge in [-0.05, 0) is 30.8 Å². The Hall–Kier alpha value is -3.30. The van der Waals surface area contributed by atoms with Crippen LogP contribution in [0.4, 0.5) is 0 Å². The molecular formula is C38H46O4Si2. The summed E-state index contributed by atoms with van der Waals surface area (Å²) < 4.78 is 21.0. The van der Waals surface area contributed by atoms with Gasteiger partial charge in [-0.3, -0.25) is 4.79 Å². The first-order valence-corrected chi connectivity index (χ1v) is 19.5. The fourth-order valence-electron chi connectivity index (χ4n) is 6.92. The summed E-state index contributed by atoms with van der Waals surface area (Å²) in [7, 11) is -5.72. The normalized spacial score (nSPS) is 15.6. The molecule has 44 heavy (non-hydrogen) atoms. The van der Waals surface area contributed by atoms with Crippen molar-refractivity contribution in [3.05, 3.63) is 121 Å². The summed E-state index contributed by atoms with van der Waals surface area (Å²) in [5.74, 6) is -0.193. The highest BCUT2D eigenvalue weighted by molar-refractivity contribution is 7.00. The molecule has 1 heterocycles. The van der Waals surface area contributed by atoms with Gasteiger partial charge < -0.3 is 13.6 Å². The van der Waals surface area contributed by atoms with E-state index in [2.05, 4.69) is 139 Å². The number of benzene rings is 4. The van der Waals surface area contributed by atoms with Crippen molar-refractivity contribution in [2.45, 2.75) is 70.1 Å². The van der Waals surface area contributed by atoms with Gasteiger partial charge in [0.25, 0.3) is 16.6 Å². The predicted molar refractivity (Wildman–Crippen MR) is 185 cm³/mol. The summed E-state index contributed by atoms with van der Waals surface area (Å²) in [6.45, 7) is 14.2. The zero-order chi connectivity index (χ0) is 31.5. The van der Waals surface area contributed by atoms with E-state index in [-0.39, 0.29) is 29.3 Å². The van der Waals surface area contributed by atoms with Crippen molar-refractivity contribution in [1.29, 1.82) is 0 Å². The summed E-state index contributed by atoms with van der Waals surface area (Å²) in [5.41, 5.74) is -0.892. The molecule has 0 aliphatic carbocycles. The predicted octanol–water partition coefficient (Wildman–Crippen LogP) is 6.22. The lowest BCUT2D eigenvalue weighted by atomic mass is 10.0. The molecule has 1 aliphatic heterocycles. The van der Waals surface area contributed by atoms with Gasteiger partial charge in [-0.2, -0.15) is 0 Å². The van der Waals surface area contributed by atoms with Crippen LogP contribution in [-0.2, 0) is 18.4 Å². The van der Waals surface area contributed by atoms with Crippen LogP contribution in [0.2, 0.25) is 10.1 Å². The summed E-state index contributed by atoms with van der Waals surface area (Å²) in [6.07, 6.45) is 0.913. The van der Waals surface area contributed by atoms with Crippen LogP contribution in [0, 0.1) is 0 Å². The number of hydrogen-bond acceptors (Lipinski definition) is 4. The third kappa shape index (κ3) is 6.01. The standard InChI is InChI=1S/C38H46O4Si2/c1-36(2,3)43(31-19-11-7-12-20-31,32-21-13-8-14-22-32)40-29-38(28-27-35(39)42-38)30-41-44(37(4,5)6,33-23-15-9-16-24-33)34-25-17-10-18-26-34/h7-26H,27-30H2,1-6H3. The second-order valence-electron chi connectivity index (χ2n) is 14.1. The Morgan fingerprint density at radius 2 is 0.864 bits per heavy atom. The molecule has 4 nitrogen and oxygen atoms in total. The van der Waals surface area contributed by atoms with E-state index < -0.39 is 22.2 Å². The van der Waals surface area contributed by atoms with Crippen LogP contribution in [0.15, 0.2) is 121 Å². The molecule has 0 spiro atoms. The van der Waals surface area contributed by atoms with E-state index in [0.717, 1.165) is 0 Å². The molecule has 0 bridgehead atoms. The zero-order valence-electron chi connectivity index (χ0n) is 27.0. The number of ether oxygens (including phenoxy) is 1. The van der Waals surface area contributed by atoms with E-state index in [1.54, 1.807) is 0 Å². The molecule has 0 unspecified atom stereocenters. The smallest absolute Gasteiger partial charge is 0.306 e. The Labute approximate surface area is 265 Å². The molecule has 1 fully saturated rings. The third-order valence-corrected chi connectivity index (χ3v) is 19.0. The number of rotatable bonds is 10. The van der Waals surface area contributed by atoms with Crippen molar-refractivity contribution < 1.29 is 18.4 Å². The minimum Gasteiger partial charge on any atom is -0.454 e. The maximum absolute atomic E-state index is 12.9. The maximum atomic E-state index is 12.9. The molecule has 230 valence electrons. The largest absolute Gasteiger partial charge is 0.454 e. The van der Waals surface area contributed by atoms with E-state index in [4.69, 9.17) is 13.6 Å². The van der Waals surface area contributed by atoms with Crippen LogP contribution >= 0.6 is 0 Å².